The second kappa shape index (κ2) is 8.19. The third kappa shape index (κ3) is 4.14. The highest BCUT2D eigenvalue weighted by atomic mass is 16.5. The van der Waals surface area contributed by atoms with Crippen LogP contribution in [-0.2, 0) is 17.6 Å². The SMILES string of the molecule is COc1ccc(CC(=O)N2C[C@@H](Cc3ccccn3)[C@H](O)C2)c(OC)c1. The van der Waals surface area contributed by atoms with Gasteiger partial charge >= 0.3 is 0 Å². The first-order valence-corrected chi connectivity index (χ1v) is 8.67. The molecular weight excluding hydrogens is 332 g/mol. The molecule has 1 aromatic carbocycles. The second-order valence-electron chi connectivity index (χ2n) is 6.51. The molecule has 0 spiro atoms. The van der Waals surface area contributed by atoms with Crippen LogP contribution in [0.2, 0.25) is 0 Å². The number of methoxy groups -OCH3 is 2. The quantitative estimate of drug-likeness (QED) is 0.853. The molecule has 1 fully saturated rings. The molecule has 1 saturated heterocycles. The van der Waals surface area contributed by atoms with Crippen molar-refractivity contribution in [2.75, 3.05) is 27.3 Å². The Kier molecular flexibility index (Phi) is 5.73. The van der Waals surface area contributed by atoms with Gasteiger partial charge in [-0.25, -0.2) is 0 Å². The number of pyridine rings is 1. The summed E-state index contributed by atoms with van der Waals surface area (Å²) in [7, 11) is 3.16. The van der Waals surface area contributed by atoms with Crippen LogP contribution >= 0.6 is 0 Å². The number of carbonyl (C=O) groups excluding carboxylic acids is 1. The topological polar surface area (TPSA) is 71.9 Å². The molecule has 0 bridgehead atoms. The smallest absolute Gasteiger partial charge is 0.227 e. The molecule has 1 aromatic heterocycles. The molecule has 1 N–H and O–H groups in total. The van der Waals surface area contributed by atoms with E-state index in [1.54, 1.807) is 31.4 Å². The van der Waals surface area contributed by atoms with Gasteiger partial charge in [0, 0.05) is 42.5 Å². The van der Waals surface area contributed by atoms with E-state index < -0.39 is 6.10 Å². The van der Waals surface area contributed by atoms with Crippen molar-refractivity contribution < 1.29 is 19.4 Å². The van der Waals surface area contributed by atoms with E-state index in [-0.39, 0.29) is 18.2 Å². The molecule has 6 heteroatoms. The molecule has 2 atom stereocenters. The zero-order valence-corrected chi connectivity index (χ0v) is 15.1. The van der Waals surface area contributed by atoms with E-state index in [4.69, 9.17) is 9.47 Å². The number of amides is 1. The molecule has 6 nitrogen and oxygen atoms in total. The monoisotopic (exact) mass is 356 g/mol. The minimum absolute atomic E-state index is 0.00612. The summed E-state index contributed by atoms with van der Waals surface area (Å²) in [6.07, 6.45) is 2.11. The Morgan fingerprint density at radius 1 is 1.23 bits per heavy atom. The first-order chi connectivity index (χ1) is 12.6. The molecule has 2 heterocycles. The van der Waals surface area contributed by atoms with E-state index in [1.165, 1.54) is 0 Å². The minimum Gasteiger partial charge on any atom is -0.497 e. The summed E-state index contributed by atoms with van der Waals surface area (Å²) >= 11 is 0. The van der Waals surface area contributed by atoms with Gasteiger partial charge in [0.15, 0.2) is 0 Å². The predicted octanol–water partition coefficient (Wildman–Crippen LogP) is 1.70. The number of likely N-dealkylation sites (tertiary alicyclic amines) is 1. The van der Waals surface area contributed by atoms with Crippen molar-refractivity contribution in [3.8, 4) is 11.5 Å². The van der Waals surface area contributed by atoms with Gasteiger partial charge in [-0.15, -0.1) is 0 Å². The summed E-state index contributed by atoms with van der Waals surface area (Å²) in [4.78, 5) is 18.7. The standard InChI is InChI=1S/C20H24N2O4/c1-25-17-7-6-14(19(11-17)26-2)10-20(24)22-12-15(18(23)13-22)9-16-5-3-4-8-21-16/h3-8,11,15,18,23H,9-10,12-13H2,1-2H3/t15-,18-/m1/s1. The molecule has 2 aromatic rings. The Morgan fingerprint density at radius 3 is 2.77 bits per heavy atom. The highest BCUT2D eigenvalue weighted by molar-refractivity contribution is 5.80. The van der Waals surface area contributed by atoms with Crippen LogP contribution in [-0.4, -0.2) is 54.3 Å². The van der Waals surface area contributed by atoms with E-state index in [0.717, 1.165) is 11.3 Å². The lowest BCUT2D eigenvalue weighted by Crippen LogP contribution is -2.31. The van der Waals surface area contributed by atoms with Gasteiger partial charge in [-0.2, -0.15) is 0 Å². The van der Waals surface area contributed by atoms with Crippen molar-refractivity contribution >= 4 is 5.91 Å². The van der Waals surface area contributed by atoms with E-state index in [1.807, 2.05) is 30.3 Å². The Hall–Kier alpha value is -2.60. The molecule has 1 aliphatic rings. The zero-order chi connectivity index (χ0) is 18.5. The van der Waals surface area contributed by atoms with Gasteiger partial charge in [0.05, 0.1) is 26.7 Å². The largest absolute Gasteiger partial charge is 0.497 e. The molecular formula is C20H24N2O4. The first-order valence-electron chi connectivity index (χ1n) is 8.67. The number of ether oxygens (including phenoxy) is 2. The number of hydrogen-bond acceptors (Lipinski definition) is 5. The zero-order valence-electron chi connectivity index (χ0n) is 15.1. The Bertz CT molecular complexity index is 751. The van der Waals surface area contributed by atoms with Crippen LogP contribution in [0.1, 0.15) is 11.3 Å². The van der Waals surface area contributed by atoms with E-state index >= 15 is 0 Å². The fourth-order valence-electron chi connectivity index (χ4n) is 3.32. The number of nitrogens with zero attached hydrogens (tertiary/aromatic N) is 2. The lowest BCUT2D eigenvalue weighted by molar-refractivity contribution is -0.129. The fraction of sp³-hybridized carbons (Fsp3) is 0.400. The number of aliphatic hydroxyl groups is 1. The lowest BCUT2D eigenvalue weighted by Gasteiger charge is -2.17. The highest BCUT2D eigenvalue weighted by Crippen LogP contribution is 2.27. The van der Waals surface area contributed by atoms with E-state index in [9.17, 15) is 9.90 Å². The van der Waals surface area contributed by atoms with Crippen LogP contribution in [0.25, 0.3) is 0 Å². The van der Waals surface area contributed by atoms with Gasteiger partial charge in [0.25, 0.3) is 0 Å². The van der Waals surface area contributed by atoms with Crippen LogP contribution in [0, 0.1) is 5.92 Å². The maximum atomic E-state index is 12.7. The summed E-state index contributed by atoms with van der Waals surface area (Å²) in [5.41, 5.74) is 1.74. The van der Waals surface area contributed by atoms with Crippen molar-refractivity contribution in [1.82, 2.24) is 9.88 Å². The second-order valence-corrected chi connectivity index (χ2v) is 6.51. The number of rotatable bonds is 6. The molecule has 0 radical (unpaired) electrons. The summed E-state index contributed by atoms with van der Waals surface area (Å²) in [5, 5.41) is 10.3. The van der Waals surface area contributed by atoms with E-state index in [0.29, 0.717) is 31.0 Å². The number of carbonyl (C=O) groups is 1. The van der Waals surface area contributed by atoms with Crippen molar-refractivity contribution in [1.29, 1.82) is 0 Å². The van der Waals surface area contributed by atoms with Gasteiger partial charge in [-0.1, -0.05) is 12.1 Å². The summed E-state index contributed by atoms with van der Waals surface area (Å²) in [6, 6.07) is 11.2. The molecule has 138 valence electrons. The summed E-state index contributed by atoms with van der Waals surface area (Å²) in [5.74, 6) is 1.30. The number of β-amino-alcohol motifs (C(OH)–C–C–N with tert-alkyl or cyclic N) is 1. The molecule has 1 aliphatic heterocycles. The summed E-state index contributed by atoms with van der Waals surface area (Å²) in [6.45, 7) is 0.893. The maximum absolute atomic E-state index is 12.7. The van der Waals surface area contributed by atoms with Crippen molar-refractivity contribution in [3.63, 3.8) is 0 Å². The molecule has 0 aliphatic carbocycles. The normalized spacial score (nSPS) is 19.4. The third-order valence-corrected chi connectivity index (χ3v) is 4.79. The van der Waals surface area contributed by atoms with Crippen molar-refractivity contribution in [3.05, 3.63) is 53.9 Å². The van der Waals surface area contributed by atoms with Gasteiger partial charge in [0.2, 0.25) is 5.91 Å². The van der Waals surface area contributed by atoms with Gasteiger partial charge in [0.1, 0.15) is 11.5 Å². The van der Waals surface area contributed by atoms with Crippen LogP contribution in [0.5, 0.6) is 11.5 Å². The molecule has 0 unspecified atom stereocenters. The Morgan fingerprint density at radius 2 is 2.08 bits per heavy atom. The molecule has 0 saturated carbocycles. The number of aromatic nitrogens is 1. The van der Waals surface area contributed by atoms with Crippen LogP contribution in [0.15, 0.2) is 42.6 Å². The average Bonchev–Trinajstić information content (AvgIpc) is 3.03. The van der Waals surface area contributed by atoms with Gasteiger partial charge in [-0.3, -0.25) is 9.78 Å². The number of benzene rings is 1. The summed E-state index contributed by atoms with van der Waals surface area (Å²) < 4.78 is 10.6. The first kappa shape index (κ1) is 18.2. The molecule has 3 rings (SSSR count). The third-order valence-electron chi connectivity index (χ3n) is 4.79. The van der Waals surface area contributed by atoms with Crippen molar-refractivity contribution in [2.24, 2.45) is 5.92 Å². The highest BCUT2D eigenvalue weighted by Gasteiger charge is 2.34. The van der Waals surface area contributed by atoms with Gasteiger partial charge in [-0.05, 0) is 24.6 Å². The fourth-order valence-corrected chi connectivity index (χ4v) is 3.32. The van der Waals surface area contributed by atoms with Gasteiger partial charge < -0.3 is 19.5 Å². The van der Waals surface area contributed by atoms with Crippen LogP contribution < -0.4 is 9.47 Å². The average molecular weight is 356 g/mol. The number of hydrogen-bond donors (Lipinski definition) is 1. The lowest BCUT2D eigenvalue weighted by atomic mass is 10.00. The predicted molar refractivity (Wildman–Crippen MR) is 97.3 cm³/mol. The van der Waals surface area contributed by atoms with Crippen molar-refractivity contribution in [2.45, 2.75) is 18.9 Å². The molecule has 26 heavy (non-hydrogen) atoms. The van der Waals surface area contributed by atoms with Crippen LogP contribution in [0.3, 0.4) is 0 Å². The molecule has 1 amide bonds. The van der Waals surface area contributed by atoms with E-state index in [2.05, 4.69) is 4.98 Å². The number of aliphatic hydroxyl groups excluding tert-OH is 1. The Labute approximate surface area is 153 Å². The Balaban J connectivity index is 1.64. The maximum Gasteiger partial charge on any atom is 0.227 e. The van der Waals surface area contributed by atoms with Crippen LogP contribution in [0.4, 0.5) is 0 Å². The minimum atomic E-state index is -0.529.